The molecule has 146 valence electrons. The van der Waals surface area contributed by atoms with Gasteiger partial charge in [-0.3, -0.25) is 14.4 Å². The molecule has 0 fully saturated rings. The lowest BCUT2D eigenvalue weighted by atomic mass is 9.68. The second kappa shape index (κ2) is 7.09. The largest absolute Gasteiger partial charge is 0.369 e. The van der Waals surface area contributed by atoms with Gasteiger partial charge in [0, 0.05) is 17.2 Å². The standard InChI is InChI=1S/C21H24N4O3/c1-11(22)10-21(20(25)28)16-6-4-14(18(23)26)8-12(16)2-3-13-9-15(19(24)27)5-7-17(13)21/h4-9,11H,2-3,10,22H2,1H3,(H2,23,26)(H2,24,27)(H2,25,28)/t11-/m1/s1. The molecule has 7 nitrogen and oxygen atoms in total. The van der Waals surface area contributed by atoms with Gasteiger partial charge in [-0.25, -0.2) is 0 Å². The van der Waals surface area contributed by atoms with Crippen molar-refractivity contribution in [3.8, 4) is 0 Å². The quantitative estimate of drug-likeness (QED) is 0.595. The zero-order chi connectivity index (χ0) is 20.6. The number of carbonyl (C=O) groups is 3. The summed E-state index contributed by atoms with van der Waals surface area (Å²) in [6.07, 6.45) is 1.40. The average Bonchev–Trinajstić information content (AvgIpc) is 2.76. The van der Waals surface area contributed by atoms with E-state index in [4.69, 9.17) is 22.9 Å². The molecule has 0 heterocycles. The number of primary amides is 3. The summed E-state index contributed by atoms with van der Waals surface area (Å²) >= 11 is 0. The van der Waals surface area contributed by atoms with Gasteiger partial charge in [0.25, 0.3) is 0 Å². The molecule has 0 unspecified atom stereocenters. The summed E-state index contributed by atoms with van der Waals surface area (Å²) in [4.78, 5) is 36.2. The first-order chi connectivity index (χ1) is 13.2. The minimum atomic E-state index is -1.18. The zero-order valence-corrected chi connectivity index (χ0v) is 15.7. The highest BCUT2D eigenvalue weighted by atomic mass is 16.2. The number of hydrogen-bond acceptors (Lipinski definition) is 4. The predicted octanol–water partition coefficient (Wildman–Crippen LogP) is 0.492. The lowest BCUT2D eigenvalue weighted by molar-refractivity contribution is -0.122. The minimum Gasteiger partial charge on any atom is -0.369 e. The lowest BCUT2D eigenvalue weighted by Crippen LogP contribution is -2.46. The number of fused-ring (bicyclic) bond motifs is 2. The van der Waals surface area contributed by atoms with E-state index in [2.05, 4.69) is 0 Å². The maximum atomic E-state index is 12.9. The number of aryl methyl sites for hydroxylation is 2. The van der Waals surface area contributed by atoms with E-state index in [1.807, 2.05) is 6.92 Å². The first kappa shape index (κ1) is 19.6. The highest BCUT2D eigenvalue weighted by molar-refractivity contribution is 5.96. The number of nitrogens with two attached hydrogens (primary N) is 4. The van der Waals surface area contributed by atoms with E-state index in [1.165, 1.54) is 0 Å². The van der Waals surface area contributed by atoms with Crippen molar-refractivity contribution in [3.05, 3.63) is 69.8 Å². The second-order valence-corrected chi connectivity index (χ2v) is 7.42. The smallest absolute Gasteiger partial charge is 0.248 e. The Kier molecular flexibility index (Phi) is 4.95. The Labute approximate surface area is 163 Å². The normalized spacial score (nSPS) is 15.6. The zero-order valence-electron chi connectivity index (χ0n) is 15.7. The Morgan fingerprint density at radius 3 is 1.64 bits per heavy atom. The fourth-order valence-corrected chi connectivity index (χ4v) is 4.22. The molecule has 0 radical (unpaired) electrons. The highest BCUT2D eigenvalue weighted by Gasteiger charge is 2.45. The summed E-state index contributed by atoms with van der Waals surface area (Å²) in [6, 6.07) is 9.76. The first-order valence-electron chi connectivity index (χ1n) is 9.08. The fraction of sp³-hybridized carbons (Fsp3) is 0.286. The van der Waals surface area contributed by atoms with E-state index in [-0.39, 0.29) is 12.5 Å². The van der Waals surface area contributed by atoms with E-state index < -0.39 is 23.1 Å². The van der Waals surface area contributed by atoms with Crippen LogP contribution in [0.25, 0.3) is 0 Å². The van der Waals surface area contributed by atoms with E-state index in [1.54, 1.807) is 36.4 Å². The number of benzene rings is 2. The van der Waals surface area contributed by atoms with Crippen molar-refractivity contribution in [2.75, 3.05) is 0 Å². The molecule has 28 heavy (non-hydrogen) atoms. The van der Waals surface area contributed by atoms with Crippen molar-refractivity contribution in [3.63, 3.8) is 0 Å². The third-order valence-electron chi connectivity index (χ3n) is 5.41. The van der Waals surface area contributed by atoms with E-state index in [9.17, 15) is 14.4 Å². The van der Waals surface area contributed by atoms with Crippen LogP contribution in [0.15, 0.2) is 36.4 Å². The van der Waals surface area contributed by atoms with Crippen LogP contribution in [0, 0.1) is 0 Å². The van der Waals surface area contributed by atoms with Gasteiger partial charge in [-0.05, 0) is 72.7 Å². The molecule has 3 amide bonds. The molecule has 1 aliphatic carbocycles. The summed E-state index contributed by atoms with van der Waals surface area (Å²) in [7, 11) is 0. The lowest BCUT2D eigenvalue weighted by Gasteiger charge is -2.35. The van der Waals surface area contributed by atoms with E-state index in [0.29, 0.717) is 35.1 Å². The van der Waals surface area contributed by atoms with Gasteiger partial charge in [0.05, 0.1) is 0 Å². The van der Waals surface area contributed by atoms with Gasteiger partial charge in [-0.1, -0.05) is 12.1 Å². The fourth-order valence-electron chi connectivity index (χ4n) is 4.22. The summed E-state index contributed by atoms with van der Waals surface area (Å²) < 4.78 is 0. The van der Waals surface area contributed by atoms with Gasteiger partial charge < -0.3 is 22.9 Å². The van der Waals surface area contributed by atoms with Crippen molar-refractivity contribution in [1.29, 1.82) is 0 Å². The molecule has 0 bridgehead atoms. The SMILES string of the molecule is C[C@@H](N)CC1(C(N)=O)c2ccc(C(N)=O)cc2CCc2cc(C(N)=O)ccc21. The molecule has 0 aliphatic heterocycles. The van der Waals surface area contributed by atoms with Crippen LogP contribution in [0.5, 0.6) is 0 Å². The van der Waals surface area contributed by atoms with Crippen molar-refractivity contribution in [1.82, 2.24) is 0 Å². The van der Waals surface area contributed by atoms with Crippen molar-refractivity contribution in [2.24, 2.45) is 22.9 Å². The molecular weight excluding hydrogens is 356 g/mol. The van der Waals surface area contributed by atoms with E-state index >= 15 is 0 Å². The van der Waals surface area contributed by atoms with E-state index in [0.717, 1.165) is 11.1 Å². The molecule has 1 atom stereocenters. The van der Waals surface area contributed by atoms with Crippen LogP contribution in [0.1, 0.15) is 56.3 Å². The minimum absolute atomic E-state index is 0.286. The van der Waals surface area contributed by atoms with Crippen molar-refractivity contribution in [2.45, 2.75) is 37.6 Å². The number of carbonyl (C=O) groups excluding carboxylic acids is 3. The van der Waals surface area contributed by atoms with Crippen LogP contribution in [-0.4, -0.2) is 23.8 Å². The van der Waals surface area contributed by atoms with Gasteiger partial charge >= 0.3 is 0 Å². The number of hydrogen-bond donors (Lipinski definition) is 4. The summed E-state index contributed by atoms with van der Waals surface area (Å²) in [5, 5.41) is 0. The Hall–Kier alpha value is -3.19. The molecule has 2 aromatic carbocycles. The second-order valence-electron chi connectivity index (χ2n) is 7.42. The topological polar surface area (TPSA) is 155 Å². The van der Waals surface area contributed by atoms with Crippen LogP contribution >= 0.6 is 0 Å². The summed E-state index contributed by atoms with van der Waals surface area (Å²) in [6.45, 7) is 1.81. The summed E-state index contributed by atoms with van der Waals surface area (Å²) in [5.41, 5.74) is 25.5. The molecule has 0 saturated carbocycles. The van der Waals surface area contributed by atoms with Crippen LogP contribution in [0.4, 0.5) is 0 Å². The molecule has 8 N–H and O–H groups in total. The molecule has 0 aromatic heterocycles. The Morgan fingerprint density at radius 2 is 1.32 bits per heavy atom. The van der Waals surface area contributed by atoms with Crippen LogP contribution < -0.4 is 22.9 Å². The van der Waals surface area contributed by atoms with Gasteiger partial charge in [0.1, 0.15) is 5.41 Å². The predicted molar refractivity (Wildman–Crippen MR) is 106 cm³/mol. The van der Waals surface area contributed by atoms with Gasteiger partial charge in [-0.15, -0.1) is 0 Å². The molecule has 0 spiro atoms. The molecular formula is C21H24N4O3. The Morgan fingerprint density at radius 1 is 0.893 bits per heavy atom. The molecule has 0 saturated heterocycles. The summed E-state index contributed by atoms with van der Waals surface area (Å²) in [5.74, 6) is -1.62. The highest BCUT2D eigenvalue weighted by Crippen LogP contribution is 2.43. The molecule has 1 aliphatic rings. The van der Waals surface area contributed by atoms with Crippen LogP contribution in [0.3, 0.4) is 0 Å². The van der Waals surface area contributed by atoms with Crippen LogP contribution in [-0.2, 0) is 23.1 Å². The third kappa shape index (κ3) is 3.14. The third-order valence-corrected chi connectivity index (χ3v) is 5.41. The number of rotatable bonds is 5. The average molecular weight is 380 g/mol. The van der Waals surface area contributed by atoms with Crippen molar-refractivity contribution >= 4 is 17.7 Å². The van der Waals surface area contributed by atoms with Crippen LogP contribution in [0.2, 0.25) is 0 Å². The Bertz CT molecular complexity index is 916. The van der Waals surface area contributed by atoms with Crippen molar-refractivity contribution < 1.29 is 14.4 Å². The Balaban J connectivity index is 2.35. The first-order valence-corrected chi connectivity index (χ1v) is 9.08. The molecule has 7 heteroatoms. The van der Waals surface area contributed by atoms with Gasteiger partial charge in [-0.2, -0.15) is 0 Å². The molecule has 3 rings (SSSR count). The van der Waals surface area contributed by atoms with Gasteiger partial charge in [0.2, 0.25) is 17.7 Å². The molecule has 2 aromatic rings. The maximum absolute atomic E-state index is 12.9. The van der Waals surface area contributed by atoms with Gasteiger partial charge in [0.15, 0.2) is 0 Å². The number of amides is 3. The monoisotopic (exact) mass is 380 g/mol. The maximum Gasteiger partial charge on any atom is 0.248 e.